The summed E-state index contributed by atoms with van der Waals surface area (Å²) in [4.78, 5) is 23.9. The van der Waals surface area contributed by atoms with Crippen LogP contribution in [-0.4, -0.2) is 30.9 Å². The summed E-state index contributed by atoms with van der Waals surface area (Å²) in [5, 5.41) is 0. The van der Waals surface area contributed by atoms with E-state index in [1.807, 2.05) is 6.92 Å². The Morgan fingerprint density at radius 3 is 2.26 bits per heavy atom. The van der Waals surface area contributed by atoms with Crippen LogP contribution in [0, 0.1) is 0 Å². The molecule has 1 rings (SSSR count). The van der Waals surface area contributed by atoms with Gasteiger partial charge in [0.25, 0.3) is 0 Å². The van der Waals surface area contributed by atoms with E-state index in [4.69, 9.17) is 15.2 Å². The fourth-order valence-electron chi connectivity index (χ4n) is 1.40. The van der Waals surface area contributed by atoms with Crippen LogP contribution in [0.25, 0.3) is 0 Å². The predicted octanol–water partition coefficient (Wildman–Crippen LogP) is 2.80. The lowest BCUT2D eigenvalue weighted by atomic mass is 10.2. The highest BCUT2D eigenvalue weighted by Gasteiger charge is 2.27. The highest BCUT2D eigenvalue weighted by molar-refractivity contribution is 8.01. The van der Waals surface area contributed by atoms with Crippen molar-refractivity contribution in [1.29, 1.82) is 0 Å². The molecule has 0 aromatic carbocycles. The van der Waals surface area contributed by atoms with E-state index in [-0.39, 0.29) is 29.3 Å². The number of carbonyl (C=O) groups is 2. The van der Waals surface area contributed by atoms with Crippen LogP contribution in [0.3, 0.4) is 0 Å². The highest BCUT2D eigenvalue weighted by Crippen LogP contribution is 2.39. The largest absolute Gasteiger partial charge is 0.462 e. The number of thiophene rings is 1. The van der Waals surface area contributed by atoms with Crippen LogP contribution in [-0.2, 0) is 9.47 Å². The molecule has 0 saturated heterocycles. The summed E-state index contributed by atoms with van der Waals surface area (Å²) in [6, 6.07) is 0. The van der Waals surface area contributed by atoms with Gasteiger partial charge in [0.1, 0.15) is 10.4 Å². The van der Waals surface area contributed by atoms with E-state index < -0.39 is 11.9 Å². The van der Waals surface area contributed by atoms with E-state index in [2.05, 4.69) is 0 Å². The summed E-state index contributed by atoms with van der Waals surface area (Å²) in [7, 11) is 0. The molecule has 0 amide bonds. The van der Waals surface area contributed by atoms with Crippen molar-refractivity contribution in [3.8, 4) is 0 Å². The Morgan fingerprint density at radius 1 is 1.16 bits per heavy atom. The Bertz CT molecular complexity index is 471. The average Bonchev–Trinajstić information content (AvgIpc) is 2.67. The summed E-state index contributed by atoms with van der Waals surface area (Å²) >= 11 is 2.63. The number of nitrogens with two attached hydrogens (primary N) is 1. The molecule has 0 radical (unpaired) electrons. The smallest absolute Gasteiger partial charge is 0.350 e. The van der Waals surface area contributed by atoms with E-state index in [0.29, 0.717) is 4.21 Å². The molecule has 2 N–H and O–H groups in total. The van der Waals surface area contributed by atoms with Gasteiger partial charge in [0.15, 0.2) is 0 Å². The molecular weight excluding hydrogens is 286 g/mol. The zero-order chi connectivity index (χ0) is 14.4. The third-order valence-electron chi connectivity index (χ3n) is 2.13. The van der Waals surface area contributed by atoms with E-state index >= 15 is 0 Å². The van der Waals surface area contributed by atoms with Crippen LogP contribution in [0.15, 0.2) is 4.21 Å². The van der Waals surface area contributed by atoms with Crippen molar-refractivity contribution in [2.24, 2.45) is 0 Å². The lowest BCUT2D eigenvalue weighted by Crippen LogP contribution is -2.10. The van der Waals surface area contributed by atoms with Gasteiger partial charge in [-0.2, -0.15) is 0 Å². The molecule has 0 spiro atoms. The highest BCUT2D eigenvalue weighted by atomic mass is 32.2. The molecule has 0 aliphatic rings. The molecule has 0 fully saturated rings. The van der Waals surface area contributed by atoms with E-state index in [0.717, 1.165) is 5.75 Å². The second kappa shape index (κ2) is 7.40. The van der Waals surface area contributed by atoms with Gasteiger partial charge in [0.05, 0.1) is 23.1 Å². The first-order valence-corrected chi connectivity index (χ1v) is 7.76. The lowest BCUT2D eigenvalue weighted by molar-refractivity contribution is 0.0524. The fraction of sp³-hybridized carbons (Fsp3) is 0.500. The van der Waals surface area contributed by atoms with Crippen LogP contribution in [0.4, 0.5) is 5.69 Å². The summed E-state index contributed by atoms with van der Waals surface area (Å²) < 4.78 is 10.6. The third-order valence-corrected chi connectivity index (χ3v) is 4.47. The van der Waals surface area contributed by atoms with Gasteiger partial charge in [-0.25, -0.2) is 9.59 Å². The maximum Gasteiger partial charge on any atom is 0.350 e. The van der Waals surface area contributed by atoms with Gasteiger partial charge in [-0.3, -0.25) is 0 Å². The Hall–Kier alpha value is -1.21. The molecule has 7 heteroatoms. The zero-order valence-corrected chi connectivity index (χ0v) is 12.8. The molecule has 0 saturated carbocycles. The van der Waals surface area contributed by atoms with Gasteiger partial charge in [0.2, 0.25) is 0 Å². The number of hydrogen-bond acceptors (Lipinski definition) is 7. The first kappa shape index (κ1) is 15.8. The zero-order valence-electron chi connectivity index (χ0n) is 11.1. The second-order valence-corrected chi connectivity index (χ2v) is 5.93. The fourth-order valence-corrected chi connectivity index (χ4v) is 3.67. The van der Waals surface area contributed by atoms with Crippen molar-refractivity contribution in [3.63, 3.8) is 0 Å². The molecule has 106 valence electrons. The predicted molar refractivity (Wildman–Crippen MR) is 77.0 cm³/mol. The summed E-state index contributed by atoms with van der Waals surface area (Å²) in [5.41, 5.74) is 6.32. The van der Waals surface area contributed by atoms with Crippen LogP contribution >= 0.6 is 23.1 Å². The number of ether oxygens (including phenoxy) is 2. The molecule has 5 nitrogen and oxygen atoms in total. The maximum atomic E-state index is 11.9. The molecule has 0 atom stereocenters. The van der Waals surface area contributed by atoms with E-state index in [9.17, 15) is 9.59 Å². The van der Waals surface area contributed by atoms with Crippen molar-refractivity contribution in [2.45, 2.75) is 25.0 Å². The van der Waals surface area contributed by atoms with Crippen LogP contribution in [0.1, 0.15) is 40.8 Å². The minimum atomic E-state index is -0.501. The number of nitrogen functional groups attached to an aromatic ring is 1. The molecule has 1 aromatic heterocycles. The minimum absolute atomic E-state index is 0.151. The average molecular weight is 303 g/mol. The number of anilines is 1. The van der Waals surface area contributed by atoms with Gasteiger partial charge in [-0.05, 0) is 19.6 Å². The molecule has 1 heterocycles. The van der Waals surface area contributed by atoms with Gasteiger partial charge in [-0.15, -0.1) is 23.1 Å². The molecule has 0 unspecified atom stereocenters. The third kappa shape index (κ3) is 3.63. The molecule has 1 aromatic rings. The lowest BCUT2D eigenvalue weighted by Gasteiger charge is -2.04. The SMILES string of the molecule is CCOC(=O)c1sc(SCC)c(C(=O)OCC)c1N. The monoisotopic (exact) mass is 303 g/mol. The van der Waals surface area contributed by atoms with Gasteiger partial charge in [-0.1, -0.05) is 6.92 Å². The topological polar surface area (TPSA) is 78.6 Å². The molecular formula is C12H17NO4S2. The second-order valence-electron chi connectivity index (χ2n) is 3.38. The maximum absolute atomic E-state index is 11.9. The van der Waals surface area contributed by atoms with Crippen molar-refractivity contribution < 1.29 is 19.1 Å². The van der Waals surface area contributed by atoms with Gasteiger partial charge >= 0.3 is 11.9 Å². The molecule has 0 bridgehead atoms. The van der Waals surface area contributed by atoms with E-state index in [1.54, 1.807) is 13.8 Å². The number of rotatable bonds is 6. The number of hydrogen-bond donors (Lipinski definition) is 1. The first-order valence-electron chi connectivity index (χ1n) is 5.95. The molecule has 19 heavy (non-hydrogen) atoms. The van der Waals surface area contributed by atoms with Crippen LogP contribution in [0.2, 0.25) is 0 Å². The number of thioether (sulfide) groups is 1. The summed E-state index contributed by atoms with van der Waals surface area (Å²) in [6.45, 7) is 5.93. The van der Waals surface area contributed by atoms with Crippen molar-refractivity contribution in [1.82, 2.24) is 0 Å². The molecule has 0 aliphatic heterocycles. The number of esters is 2. The first-order chi connectivity index (χ1) is 9.06. The van der Waals surface area contributed by atoms with Crippen molar-refractivity contribution >= 4 is 40.7 Å². The Kier molecular flexibility index (Phi) is 6.17. The Balaban J connectivity index is 3.19. The van der Waals surface area contributed by atoms with E-state index in [1.165, 1.54) is 23.1 Å². The van der Waals surface area contributed by atoms with Gasteiger partial charge in [0, 0.05) is 0 Å². The van der Waals surface area contributed by atoms with Crippen molar-refractivity contribution in [3.05, 3.63) is 10.4 Å². The number of carbonyl (C=O) groups excluding carboxylic acids is 2. The summed E-state index contributed by atoms with van der Waals surface area (Å²) in [5.74, 6) is -0.226. The Labute approximate surface area is 120 Å². The van der Waals surface area contributed by atoms with Crippen LogP contribution in [0.5, 0.6) is 0 Å². The van der Waals surface area contributed by atoms with Gasteiger partial charge < -0.3 is 15.2 Å². The normalized spacial score (nSPS) is 10.3. The molecule has 0 aliphatic carbocycles. The van der Waals surface area contributed by atoms with Crippen LogP contribution < -0.4 is 5.73 Å². The van der Waals surface area contributed by atoms with Crippen molar-refractivity contribution in [2.75, 3.05) is 24.7 Å². The minimum Gasteiger partial charge on any atom is -0.462 e. The standard InChI is InChI=1S/C12H17NO4S2/c1-4-16-10(14)7-8(13)9(11(15)17-5-2)19-12(7)18-6-3/h4-6,13H2,1-3H3. The summed E-state index contributed by atoms with van der Waals surface area (Å²) in [6.07, 6.45) is 0. The quantitative estimate of drug-likeness (QED) is 0.643. The Morgan fingerprint density at radius 2 is 1.74 bits per heavy atom.